The average molecular weight is 1270 g/mol. The summed E-state index contributed by atoms with van der Waals surface area (Å²) in [5.41, 5.74) is 0. The normalized spacial score (nSPS) is 28.5. The molecule has 3 saturated heterocycles. The Kier molecular flexibility index (Phi) is 47.4. The van der Waals surface area contributed by atoms with Gasteiger partial charge in [-0.1, -0.05) is 236 Å². The van der Waals surface area contributed by atoms with Crippen molar-refractivity contribution < 1.29 is 89.4 Å². The summed E-state index contributed by atoms with van der Waals surface area (Å²) in [4.78, 5) is 13.4. The van der Waals surface area contributed by atoms with E-state index in [0.717, 1.165) is 51.4 Å². The summed E-state index contributed by atoms with van der Waals surface area (Å²) in [6.07, 6.45) is 35.1. The van der Waals surface area contributed by atoms with Crippen LogP contribution >= 0.6 is 0 Å². The van der Waals surface area contributed by atoms with Crippen LogP contribution in [0.4, 0.5) is 0 Å². The molecule has 0 radical (unpaired) electrons. The number of ether oxygens (including phenoxy) is 6. The van der Waals surface area contributed by atoms with E-state index in [0.29, 0.717) is 12.8 Å². The molecule has 0 bridgehead atoms. The SMILES string of the molecule is CCCCCCC/C=C\C/C=C\CCCCCCCCCCCCCC(=O)NC(COC1OC(CO)C(OC2OC(CO)C(OC3OC(CO)C(O)C(O)C3O)C(O)C2O)C(O)C1O)C(O)/C=C/CC/C=C/CCCCCCCCCCCCCCCCC. The van der Waals surface area contributed by atoms with Gasteiger partial charge in [-0.25, -0.2) is 0 Å². The fraction of sp³-hybridized carbons (Fsp3) is 0.871. The van der Waals surface area contributed by atoms with E-state index < -0.39 is 124 Å². The topological polar surface area (TPSA) is 307 Å². The van der Waals surface area contributed by atoms with Crippen LogP contribution in [0.2, 0.25) is 0 Å². The van der Waals surface area contributed by atoms with Gasteiger partial charge in [0.2, 0.25) is 5.91 Å². The number of carbonyl (C=O) groups excluding carboxylic acids is 1. The molecule has 12 N–H and O–H groups in total. The average Bonchev–Trinajstić information content (AvgIpc) is 2.09. The highest BCUT2D eigenvalue weighted by atomic mass is 16.8. The molecule has 17 unspecified atom stereocenters. The van der Waals surface area contributed by atoms with Gasteiger partial charge in [-0.2, -0.15) is 0 Å². The number of aliphatic hydroxyl groups excluding tert-OH is 11. The molecule has 17 atom stereocenters. The fourth-order valence-corrected chi connectivity index (χ4v) is 11.8. The molecule has 3 rings (SSSR count). The number of hydrogen-bond acceptors (Lipinski definition) is 18. The molecule has 3 aliphatic rings. The number of allylic oxidation sites excluding steroid dienone is 7. The monoisotopic (exact) mass is 1270 g/mol. The van der Waals surface area contributed by atoms with Crippen molar-refractivity contribution in [2.75, 3.05) is 26.4 Å². The second-order valence-electron chi connectivity index (χ2n) is 25.3. The van der Waals surface area contributed by atoms with Crippen LogP contribution in [0.5, 0.6) is 0 Å². The van der Waals surface area contributed by atoms with E-state index in [4.69, 9.17) is 28.4 Å². The van der Waals surface area contributed by atoms with Crippen LogP contribution in [-0.2, 0) is 33.2 Å². The van der Waals surface area contributed by atoms with Gasteiger partial charge in [-0.05, 0) is 64.2 Å². The summed E-state index contributed by atoms with van der Waals surface area (Å²) < 4.78 is 34.3. The minimum Gasteiger partial charge on any atom is -0.394 e. The second-order valence-corrected chi connectivity index (χ2v) is 25.3. The standard InChI is InChI=1S/C70H127NO18/c1-3-5-7-9-11-13-15-17-19-21-23-25-26-28-30-32-34-36-38-40-42-44-46-48-58(76)71-53(54(75)47-45-43-41-39-37-35-33-31-29-27-24-22-20-18-16-14-12-10-8-6-4-2)52-84-68-64(82)61(79)66(56(50-73)86-68)89-70-65(83)62(80)67(57(51-74)87-70)88-69-63(81)60(78)59(77)55(49-72)85-69/h15,17,21,23,37,39,45,47,53-57,59-70,72-75,77-83H,3-14,16,18-20,22,24-36,38,40-44,46,48-52H2,1-2H3,(H,71,76)/b17-15-,23-21-,39-37+,47-45+. The highest BCUT2D eigenvalue weighted by Gasteiger charge is 2.53. The highest BCUT2D eigenvalue weighted by Crippen LogP contribution is 2.33. The quantitative estimate of drug-likeness (QED) is 0.0199. The summed E-state index contributed by atoms with van der Waals surface area (Å²) in [6.45, 7) is 1.72. The molecule has 0 aromatic carbocycles. The Bertz CT molecular complexity index is 1800. The lowest BCUT2D eigenvalue weighted by molar-refractivity contribution is -0.379. The maximum absolute atomic E-state index is 13.4. The number of aliphatic hydroxyl groups is 11. The number of amides is 1. The summed E-state index contributed by atoms with van der Waals surface area (Å²) in [7, 11) is 0. The van der Waals surface area contributed by atoms with E-state index in [1.54, 1.807) is 6.08 Å². The lowest BCUT2D eigenvalue weighted by atomic mass is 9.96. The molecule has 0 aromatic rings. The van der Waals surface area contributed by atoms with Gasteiger partial charge in [0.25, 0.3) is 0 Å². The Morgan fingerprint density at radius 3 is 1.19 bits per heavy atom. The summed E-state index contributed by atoms with van der Waals surface area (Å²) >= 11 is 0. The van der Waals surface area contributed by atoms with Gasteiger partial charge in [0.15, 0.2) is 18.9 Å². The van der Waals surface area contributed by atoms with Crippen molar-refractivity contribution in [2.24, 2.45) is 0 Å². The van der Waals surface area contributed by atoms with Gasteiger partial charge in [-0.3, -0.25) is 4.79 Å². The van der Waals surface area contributed by atoms with Crippen LogP contribution in [-0.4, -0.2) is 193 Å². The smallest absolute Gasteiger partial charge is 0.220 e. The molecule has 520 valence electrons. The third kappa shape index (κ3) is 34.1. The number of nitrogens with one attached hydrogen (secondary N) is 1. The van der Waals surface area contributed by atoms with E-state index in [2.05, 4.69) is 55.6 Å². The first-order valence-electron chi connectivity index (χ1n) is 35.4. The molecule has 89 heavy (non-hydrogen) atoms. The van der Waals surface area contributed by atoms with Crippen molar-refractivity contribution in [3.8, 4) is 0 Å². The molecular formula is C70H127NO18. The van der Waals surface area contributed by atoms with E-state index in [-0.39, 0.29) is 18.9 Å². The van der Waals surface area contributed by atoms with E-state index in [1.807, 2.05) is 6.08 Å². The van der Waals surface area contributed by atoms with Crippen LogP contribution in [0.1, 0.15) is 258 Å². The van der Waals surface area contributed by atoms with Crippen molar-refractivity contribution in [1.29, 1.82) is 0 Å². The van der Waals surface area contributed by atoms with Crippen LogP contribution < -0.4 is 5.32 Å². The van der Waals surface area contributed by atoms with Crippen LogP contribution in [0, 0.1) is 0 Å². The molecule has 0 aromatic heterocycles. The van der Waals surface area contributed by atoms with Crippen molar-refractivity contribution in [3.05, 3.63) is 48.6 Å². The first-order valence-corrected chi connectivity index (χ1v) is 35.4. The third-order valence-electron chi connectivity index (χ3n) is 17.6. The Labute approximate surface area is 535 Å². The Balaban J connectivity index is 1.45. The zero-order chi connectivity index (χ0) is 64.7. The van der Waals surface area contributed by atoms with E-state index >= 15 is 0 Å². The molecule has 0 spiro atoms. The molecule has 0 saturated carbocycles. The maximum Gasteiger partial charge on any atom is 0.220 e. The van der Waals surface area contributed by atoms with Crippen molar-refractivity contribution in [3.63, 3.8) is 0 Å². The Hall–Kier alpha value is -2.25. The second kappa shape index (κ2) is 52.1. The minimum absolute atomic E-state index is 0.233. The number of carbonyl (C=O) groups is 1. The molecule has 3 aliphatic heterocycles. The number of hydrogen-bond donors (Lipinski definition) is 12. The molecule has 1 amide bonds. The molecule has 3 fully saturated rings. The van der Waals surface area contributed by atoms with Gasteiger partial charge in [0.1, 0.15) is 73.2 Å². The third-order valence-corrected chi connectivity index (χ3v) is 17.6. The fourth-order valence-electron chi connectivity index (χ4n) is 11.8. The molecule has 19 nitrogen and oxygen atoms in total. The van der Waals surface area contributed by atoms with Gasteiger partial charge < -0.3 is 89.9 Å². The lowest BCUT2D eigenvalue weighted by Crippen LogP contribution is -2.66. The highest BCUT2D eigenvalue weighted by molar-refractivity contribution is 5.76. The zero-order valence-electron chi connectivity index (χ0n) is 54.9. The summed E-state index contributed by atoms with van der Waals surface area (Å²) in [6, 6.07) is -0.992. The lowest BCUT2D eigenvalue weighted by Gasteiger charge is -2.48. The van der Waals surface area contributed by atoms with E-state index in [9.17, 15) is 61.0 Å². The molecule has 0 aliphatic carbocycles. The number of unbranched alkanes of at least 4 members (excludes halogenated alkanes) is 32. The van der Waals surface area contributed by atoms with Crippen molar-refractivity contribution in [2.45, 2.75) is 362 Å². The number of rotatable bonds is 54. The largest absolute Gasteiger partial charge is 0.394 e. The van der Waals surface area contributed by atoms with E-state index in [1.165, 1.54) is 173 Å². The van der Waals surface area contributed by atoms with Crippen LogP contribution in [0.3, 0.4) is 0 Å². The summed E-state index contributed by atoms with van der Waals surface area (Å²) in [5.74, 6) is -0.286. The van der Waals surface area contributed by atoms with Gasteiger partial charge in [-0.15, -0.1) is 0 Å². The van der Waals surface area contributed by atoms with Crippen molar-refractivity contribution >= 4 is 5.91 Å². The Morgan fingerprint density at radius 2 is 0.753 bits per heavy atom. The Morgan fingerprint density at radius 1 is 0.404 bits per heavy atom. The molecule has 3 heterocycles. The zero-order valence-corrected chi connectivity index (χ0v) is 54.9. The van der Waals surface area contributed by atoms with Crippen LogP contribution in [0.25, 0.3) is 0 Å². The predicted octanol–water partition coefficient (Wildman–Crippen LogP) is 9.39. The maximum atomic E-state index is 13.4. The van der Waals surface area contributed by atoms with Gasteiger partial charge in [0.05, 0.1) is 38.6 Å². The minimum atomic E-state index is -1.98. The predicted molar refractivity (Wildman–Crippen MR) is 346 cm³/mol. The van der Waals surface area contributed by atoms with Gasteiger partial charge in [0, 0.05) is 6.42 Å². The summed E-state index contributed by atoms with van der Waals surface area (Å²) in [5, 5.41) is 121. The molecular weight excluding hydrogens is 1140 g/mol. The van der Waals surface area contributed by atoms with Crippen molar-refractivity contribution in [1.82, 2.24) is 5.32 Å². The molecule has 19 heteroatoms. The van der Waals surface area contributed by atoms with Crippen LogP contribution in [0.15, 0.2) is 48.6 Å². The first kappa shape index (κ1) is 81.0. The first-order chi connectivity index (χ1) is 43.3. The van der Waals surface area contributed by atoms with Gasteiger partial charge >= 0.3 is 0 Å².